The lowest BCUT2D eigenvalue weighted by molar-refractivity contribution is -0.157. The van der Waals surface area contributed by atoms with Crippen molar-refractivity contribution in [1.82, 2.24) is 25.6 Å². The Labute approximate surface area is 194 Å². The van der Waals surface area contributed by atoms with E-state index >= 15 is 0 Å². The van der Waals surface area contributed by atoms with Crippen molar-refractivity contribution in [3.8, 4) is 5.75 Å². The number of fused-ring (bicyclic) bond motifs is 3. The second-order valence-corrected chi connectivity index (χ2v) is 9.16. The number of nitrogens with one attached hydrogen (secondary N) is 2. The summed E-state index contributed by atoms with van der Waals surface area (Å²) in [6.07, 6.45) is 6.71. The molecule has 8 heteroatoms. The molecule has 33 heavy (non-hydrogen) atoms. The minimum Gasteiger partial charge on any atom is -0.497 e. The molecular formula is C25H31N5O3. The van der Waals surface area contributed by atoms with Crippen LogP contribution in [0.1, 0.15) is 36.8 Å². The molecule has 2 amide bonds. The Balaban J connectivity index is 1.33. The summed E-state index contributed by atoms with van der Waals surface area (Å²) in [5.74, 6) is 0.889. The molecule has 2 saturated heterocycles. The van der Waals surface area contributed by atoms with Crippen LogP contribution >= 0.6 is 0 Å². The summed E-state index contributed by atoms with van der Waals surface area (Å²) in [6.45, 7) is 1.83. The van der Waals surface area contributed by atoms with E-state index in [1.165, 1.54) is 0 Å². The minimum absolute atomic E-state index is 0.00607. The number of carbonyl (C=O) groups excluding carboxylic acids is 2. The Hall–Kier alpha value is -2.97. The van der Waals surface area contributed by atoms with Gasteiger partial charge in [-0.05, 0) is 55.0 Å². The van der Waals surface area contributed by atoms with Crippen molar-refractivity contribution in [3.63, 3.8) is 0 Å². The molecule has 4 unspecified atom stereocenters. The number of aromatic nitrogens is 1. The molecule has 2 N–H and O–H groups in total. The maximum absolute atomic E-state index is 13.5. The SMILES string of the molecule is COc1cccc(CN2C(=O)C3CCNN3C3CCC(C(=O)NCc4cccnc4)CC32)c1. The van der Waals surface area contributed by atoms with Gasteiger partial charge < -0.3 is 15.0 Å². The lowest BCUT2D eigenvalue weighted by Gasteiger charge is -2.51. The van der Waals surface area contributed by atoms with E-state index in [1.807, 2.05) is 41.3 Å². The zero-order valence-corrected chi connectivity index (χ0v) is 18.9. The molecule has 1 saturated carbocycles. The Morgan fingerprint density at radius 3 is 2.88 bits per heavy atom. The van der Waals surface area contributed by atoms with Gasteiger partial charge in [0.15, 0.2) is 0 Å². The van der Waals surface area contributed by atoms with Crippen LogP contribution in [0.5, 0.6) is 5.75 Å². The number of nitrogens with zero attached hydrogens (tertiary/aromatic N) is 3. The van der Waals surface area contributed by atoms with Crippen LogP contribution in [0.3, 0.4) is 0 Å². The van der Waals surface area contributed by atoms with Crippen molar-refractivity contribution in [2.75, 3.05) is 13.7 Å². The fourth-order valence-electron chi connectivity index (χ4n) is 5.55. The van der Waals surface area contributed by atoms with Crippen LogP contribution in [-0.2, 0) is 22.7 Å². The molecule has 1 aliphatic carbocycles. The largest absolute Gasteiger partial charge is 0.497 e. The molecule has 8 nitrogen and oxygen atoms in total. The third-order valence-electron chi connectivity index (χ3n) is 7.20. The van der Waals surface area contributed by atoms with Crippen LogP contribution in [0, 0.1) is 5.92 Å². The molecule has 3 heterocycles. The second-order valence-electron chi connectivity index (χ2n) is 9.16. The number of ether oxygens (including phenoxy) is 1. The molecule has 174 valence electrons. The summed E-state index contributed by atoms with van der Waals surface area (Å²) < 4.78 is 5.38. The fraction of sp³-hybridized carbons (Fsp3) is 0.480. The van der Waals surface area contributed by atoms with E-state index in [2.05, 4.69) is 20.7 Å². The monoisotopic (exact) mass is 449 g/mol. The van der Waals surface area contributed by atoms with Crippen LogP contribution < -0.4 is 15.5 Å². The highest BCUT2D eigenvalue weighted by molar-refractivity contribution is 5.84. The Bertz CT molecular complexity index is 1000. The van der Waals surface area contributed by atoms with Crippen molar-refractivity contribution in [1.29, 1.82) is 0 Å². The van der Waals surface area contributed by atoms with E-state index in [9.17, 15) is 9.59 Å². The molecule has 3 aliphatic rings. The minimum atomic E-state index is -0.118. The number of hydrogen-bond acceptors (Lipinski definition) is 6. The van der Waals surface area contributed by atoms with E-state index < -0.39 is 0 Å². The second kappa shape index (κ2) is 9.49. The zero-order chi connectivity index (χ0) is 22.8. The molecule has 4 atom stereocenters. The molecule has 0 spiro atoms. The van der Waals surface area contributed by atoms with Gasteiger partial charge in [0, 0.05) is 50.0 Å². The lowest BCUT2D eigenvalue weighted by Crippen LogP contribution is -2.68. The van der Waals surface area contributed by atoms with E-state index in [-0.39, 0.29) is 35.9 Å². The van der Waals surface area contributed by atoms with Gasteiger partial charge >= 0.3 is 0 Å². The predicted molar refractivity (Wildman–Crippen MR) is 123 cm³/mol. The molecule has 5 rings (SSSR count). The third-order valence-corrected chi connectivity index (χ3v) is 7.20. The maximum atomic E-state index is 13.5. The first kappa shape index (κ1) is 21.9. The first-order valence-corrected chi connectivity index (χ1v) is 11.8. The number of hydrogen-bond donors (Lipinski definition) is 2. The highest BCUT2D eigenvalue weighted by Gasteiger charge is 2.51. The molecule has 1 aromatic heterocycles. The van der Waals surface area contributed by atoms with Crippen LogP contribution in [-0.4, -0.2) is 58.5 Å². The van der Waals surface area contributed by atoms with Gasteiger partial charge in [0.2, 0.25) is 11.8 Å². The number of hydrazine groups is 1. The average Bonchev–Trinajstić information content (AvgIpc) is 3.36. The fourth-order valence-corrected chi connectivity index (χ4v) is 5.55. The summed E-state index contributed by atoms with van der Waals surface area (Å²) in [5.41, 5.74) is 5.47. The molecular weight excluding hydrogens is 418 g/mol. The topological polar surface area (TPSA) is 86.8 Å². The molecule has 3 fully saturated rings. The zero-order valence-electron chi connectivity index (χ0n) is 18.9. The van der Waals surface area contributed by atoms with E-state index in [0.29, 0.717) is 19.5 Å². The number of rotatable bonds is 6. The normalized spacial score (nSPS) is 27.1. The van der Waals surface area contributed by atoms with Crippen LogP contribution in [0.25, 0.3) is 0 Å². The summed E-state index contributed by atoms with van der Waals surface area (Å²) in [5, 5.41) is 5.25. The van der Waals surface area contributed by atoms with Crippen molar-refractivity contribution in [2.45, 2.75) is 56.9 Å². The molecule has 2 aromatic rings. The standard InChI is InChI=1S/C25H31N5O3/c1-33-20-6-2-4-17(12-20)16-29-23-13-19(24(31)27-15-18-5-3-10-26-14-18)7-8-21(23)30-22(25(29)32)9-11-28-30/h2-6,10,12,14,19,21-23,28H,7-9,11,13,15-16H2,1H3,(H,27,31). The average molecular weight is 450 g/mol. The first-order chi connectivity index (χ1) is 16.1. The van der Waals surface area contributed by atoms with E-state index in [0.717, 1.165) is 42.7 Å². The first-order valence-electron chi connectivity index (χ1n) is 11.8. The quantitative estimate of drug-likeness (QED) is 0.700. The van der Waals surface area contributed by atoms with Crippen molar-refractivity contribution < 1.29 is 14.3 Å². The summed E-state index contributed by atoms with van der Waals surface area (Å²) in [6, 6.07) is 11.8. The van der Waals surface area contributed by atoms with Crippen molar-refractivity contribution >= 4 is 11.8 Å². The number of pyridine rings is 1. The maximum Gasteiger partial charge on any atom is 0.242 e. The number of amides is 2. The van der Waals surface area contributed by atoms with Gasteiger partial charge in [-0.3, -0.25) is 20.0 Å². The highest BCUT2D eigenvalue weighted by atomic mass is 16.5. The van der Waals surface area contributed by atoms with Crippen LogP contribution in [0.4, 0.5) is 0 Å². The molecule has 0 bridgehead atoms. The summed E-state index contributed by atoms with van der Waals surface area (Å²) in [7, 11) is 1.65. The van der Waals surface area contributed by atoms with E-state index in [1.54, 1.807) is 19.5 Å². The summed E-state index contributed by atoms with van der Waals surface area (Å²) in [4.78, 5) is 32.7. The molecule has 2 aliphatic heterocycles. The Morgan fingerprint density at radius 1 is 1.18 bits per heavy atom. The van der Waals surface area contributed by atoms with Crippen LogP contribution in [0.15, 0.2) is 48.8 Å². The van der Waals surface area contributed by atoms with Gasteiger partial charge in [-0.2, -0.15) is 0 Å². The Morgan fingerprint density at radius 2 is 2.06 bits per heavy atom. The smallest absolute Gasteiger partial charge is 0.242 e. The number of carbonyl (C=O) groups is 2. The molecule has 0 radical (unpaired) electrons. The third kappa shape index (κ3) is 4.45. The van der Waals surface area contributed by atoms with E-state index in [4.69, 9.17) is 4.74 Å². The van der Waals surface area contributed by atoms with Crippen LogP contribution in [0.2, 0.25) is 0 Å². The predicted octanol–water partition coefficient (Wildman–Crippen LogP) is 1.87. The van der Waals surface area contributed by atoms with Crippen molar-refractivity contribution in [2.24, 2.45) is 5.92 Å². The van der Waals surface area contributed by atoms with Gasteiger partial charge in [0.1, 0.15) is 11.8 Å². The van der Waals surface area contributed by atoms with Gasteiger partial charge in [0.05, 0.1) is 7.11 Å². The number of benzene rings is 1. The molecule has 1 aromatic carbocycles. The van der Waals surface area contributed by atoms with Gasteiger partial charge in [0.25, 0.3) is 0 Å². The summed E-state index contributed by atoms with van der Waals surface area (Å²) >= 11 is 0. The lowest BCUT2D eigenvalue weighted by atomic mass is 9.78. The number of piperazine rings is 1. The van der Waals surface area contributed by atoms with Gasteiger partial charge in [-0.25, -0.2) is 5.01 Å². The van der Waals surface area contributed by atoms with Gasteiger partial charge in [-0.1, -0.05) is 18.2 Å². The number of methoxy groups -OCH3 is 1. The van der Waals surface area contributed by atoms with Crippen molar-refractivity contribution in [3.05, 3.63) is 59.9 Å². The Kier molecular flexibility index (Phi) is 6.28. The highest BCUT2D eigenvalue weighted by Crippen LogP contribution is 2.38. The van der Waals surface area contributed by atoms with Gasteiger partial charge in [-0.15, -0.1) is 0 Å².